The Morgan fingerprint density at radius 2 is 1.79 bits per heavy atom. The molecule has 0 aliphatic carbocycles. The lowest BCUT2D eigenvalue weighted by Crippen LogP contribution is -2.09. The van der Waals surface area contributed by atoms with Gasteiger partial charge in [-0.3, -0.25) is 0 Å². The summed E-state index contributed by atoms with van der Waals surface area (Å²) >= 11 is 6.75. The van der Waals surface area contributed by atoms with Crippen LogP contribution in [0, 0.1) is 5.82 Å². The fraction of sp³-hybridized carbons (Fsp3) is 0.200. The molecule has 2 aromatic rings. The zero-order valence-corrected chi connectivity index (χ0v) is 13.3. The van der Waals surface area contributed by atoms with Crippen LogP contribution in [0.1, 0.15) is 17.0 Å². The molecule has 0 heterocycles. The second-order valence-corrected chi connectivity index (χ2v) is 6.21. The molecular weight excluding hydrogens is 375 g/mol. The summed E-state index contributed by atoms with van der Waals surface area (Å²) in [5.74, 6) is -0.349. The second-order valence-electron chi connectivity index (χ2n) is 4.37. The molecule has 19 heavy (non-hydrogen) atoms. The minimum Gasteiger partial charge on any atom is -0.396 e. The van der Waals surface area contributed by atoms with Gasteiger partial charge >= 0.3 is 0 Å². The zero-order valence-electron chi connectivity index (χ0n) is 10.1. The highest BCUT2D eigenvalue weighted by molar-refractivity contribution is 9.10. The Morgan fingerprint density at radius 3 is 2.47 bits per heavy atom. The molecule has 2 rings (SSSR count). The van der Waals surface area contributed by atoms with Crippen LogP contribution in [0.4, 0.5) is 4.39 Å². The fourth-order valence-corrected chi connectivity index (χ4v) is 2.84. The molecule has 2 aromatic carbocycles. The standard InChI is InChI=1S/C15H13Br2FO/c16-13-3-1-2-10(7-13)12(9-19)6-11-8-14(17)4-5-15(11)18/h1-5,7-8,12,19H,6,9H2. The number of hydrogen-bond donors (Lipinski definition) is 1. The molecule has 4 heteroatoms. The van der Waals surface area contributed by atoms with Crippen molar-refractivity contribution >= 4 is 31.9 Å². The van der Waals surface area contributed by atoms with Gasteiger partial charge in [0.15, 0.2) is 0 Å². The molecule has 0 aliphatic rings. The van der Waals surface area contributed by atoms with E-state index in [0.717, 1.165) is 14.5 Å². The Balaban J connectivity index is 2.26. The molecule has 0 fully saturated rings. The Bertz CT molecular complexity index is 572. The van der Waals surface area contributed by atoms with Gasteiger partial charge in [0.25, 0.3) is 0 Å². The van der Waals surface area contributed by atoms with Gasteiger partial charge in [-0.05, 0) is 47.9 Å². The minimum absolute atomic E-state index is 0.0115. The van der Waals surface area contributed by atoms with Crippen LogP contribution in [0.5, 0.6) is 0 Å². The number of benzene rings is 2. The van der Waals surface area contributed by atoms with Crippen molar-refractivity contribution in [1.82, 2.24) is 0 Å². The van der Waals surface area contributed by atoms with Crippen LogP contribution in [0.2, 0.25) is 0 Å². The van der Waals surface area contributed by atoms with Crippen molar-refractivity contribution in [2.24, 2.45) is 0 Å². The number of halogens is 3. The number of hydrogen-bond acceptors (Lipinski definition) is 1. The Labute approximate surface area is 128 Å². The van der Waals surface area contributed by atoms with Gasteiger partial charge in [0, 0.05) is 14.9 Å². The van der Waals surface area contributed by atoms with Gasteiger partial charge in [0.05, 0.1) is 6.61 Å². The summed E-state index contributed by atoms with van der Waals surface area (Å²) in [6, 6.07) is 12.6. The molecule has 0 aliphatic heterocycles. The van der Waals surface area contributed by atoms with Crippen molar-refractivity contribution in [2.45, 2.75) is 12.3 Å². The summed E-state index contributed by atoms with van der Waals surface area (Å²) in [7, 11) is 0. The average molecular weight is 388 g/mol. The molecule has 0 spiro atoms. The molecule has 1 nitrogen and oxygen atoms in total. The maximum atomic E-state index is 13.7. The highest BCUT2D eigenvalue weighted by Crippen LogP contribution is 2.26. The van der Waals surface area contributed by atoms with E-state index in [1.54, 1.807) is 12.1 Å². The first-order chi connectivity index (χ1) is 9.10. The summed E-state index contributed by atoms with van der Waals surface area (Å²) in [5, 5.41) is 9.54. The smallest absolute Gasteiger partial charge is 0.126 e. The molecule has 1 unspecified atom stereocenters. The molecule has 0 radical (unpaired) electrons. The highest BCUT2D eigenvalue weighted by atomic mass is 79.9. The van der Waals surface area contributed by atoms with Crippen LogP contribution < -0.4 is 0 Å². The average Bonchev–Trinajstić information content (AvgIpc) is 2.39. The predicted octanol–water partition coefficient (Wildman–Crippen LogP) is 4.67. The summed E-state index contributed by atoms with van der Waals surface area (Å²) in [5.41, 5.74) is 1.60. The first-order valence-electron chi connectivity index (χ1n) is 5.90. The van der Waals surface area contributed by atoms with E-state index in [4.69, 9.17) is 0 Å². The number of aliphatic hydroxyl groups is 1. The number of rotatable bonds is 4. The fourth-order valence-electron chi connectivity index (χ4n) is 2.01. The monoisotopic (exact) mass is 386 g/mol. The van der Waals surface area contributed by atoms with Gasteiger partial charge < -0.3 is 5.11 Å². The summed E-state index contributed by atoms with van der Waals surface area (Å²) in [6.07, 6.45) is 0.470. The highest BCUT2D eigenvalue weighted by Gasteiger charge is 2.14. The molecule has 0 amide bonds. The number of aliphatic hydroxyl groups excluding tert-OH is 1. The molecule has 100 valence electrons. The van der Waals surface area contributed by atoms with E-state index in [9.17, 15) is 9.50 Å². The van der Waals surface area contributed by atoms with E-state index in [-0.39, 0.29) is 18.3 Å². The largest absolute Gasteiger partial charge is 0.396 e. The van der Waals surface area contributed by atoms with Gasteiger partial charge in [-0.1, -0.05) is 44.0 Å². The van der Waals surface area contributed by atoms with Gasteiger partial charge in [0.1, 0.15) is 5.82 Å². The summed E-state index contributed by atoms with van der Waals surface area (Å²) < 4.78 is 15.5. The third kappa shape index (κ3) is 3.88. The van der Waals surface area contributed by atoms with Crippen molar-refractivity contribution in [3.8, 4) is 0 Å². The molecule has 0 saturated heterocycles. The van der Waals surface area contributed by atoms with Crippen LogP contribution >= 0.6 is 31.9 Å². The van der Waals surface area contributed by atoms with Gasteiger partial charge in [-0.15, -0.1) is 0 Å². The SMILES string of the molecule is OCC(Cc1cc(Br)ccc1F)c1cccc(Br)c1. The van der Waals surface area contributed by atoms with E-state index in [1.807, 2.05) is 24.3 Å². The molecule has 0 bridgehead atoms. The lowest BCUT2D eigenvalue weighted by molar-refractivity contribution is 0.263. The third-order valence-electron chi connectivity index (χ3n) is 3.01. The van der Waals surface area contributed by atoms with E-state index < -0.39 is 0 Å². The topological polar surface area (TPSA) is 20.2 Å². The minimum atomic E-state index is -0.239. The van der Waals surface area contributed by atoms with Crippen LogP contribution in [0.25, 0.3) is 0 Å². The van der Waals surface area contributed by atoms with E-state index in [2.05, 4.69) is 31.9 Å². The molecule has 1 N–H and O–H groups in total. The normalized spacial score (nSPS) is 12.4. The molecule has 1 atom stereocenters. The van der Waals surface area contributed by atoms with Gasteiger partial charge in [-0.25, -0.2) is 4.39 Å². The van der Waals surface area contributed by atoms with E-state index >= 15 is 0 Å². The first-order valence-corrected chi connectivity index (χ1v) is 7.49. The van der Waals surface area contributed by atoms with E-state index in [0.29, 0.717) is 12.0 Å². The van der Waals surface area contributed by atoms with Crippen LogP contribution in [0.15, 0.2) is 51.4 Å². The molecule has 0 saturated carbocycles. The predicted molar refractivity (Wildman–Crippen MR) is 81.8 cm³/mol. The lowest BCUT2D eigenvalue weighted by atomic mass is 9.92. The second kappa shape index (κ2) is 6.64. The van der Waals surface area contributed by atoms with Gasteiger partial charge in [0.2, 0.25) is 0 Å². The van der Waals surface area contributed by atoms with Crippen molar-refractivity contribution in [1.29, 1.82) is 0 Å². The van der Waals surface area contributed by atoms with Crippen LogP contribution in [-0.4, -0.2) is 11.7 Å². The van der Waals surface area contributed by atoms with Crippen molar-refractivity contribution in [2.75, 3.05) is 6.61 Å². The van der Waals surface area contributed by atoms with Crippen molar-refractivity contribution < 1.29 is 9.50 Å². The first kappa shape index (κ1) is 14.7. The summed E-state index contributed by atoms with van der Waals surface area (Å²) in [6.45, 7) is -0.0115. The molecular formula is C15H13Br2FO. The zero-order chi connectivity index (χ0) is 13.8. The maximum Gasteiger partial charge on any atom is 0.126 e. The Morgan fingerprint density at radius 1 is 1.05 bits per heavy atom. The lowest BCUT2D eigenvalue weighted by Gasteiger charge is -2.15. The Kier molecular flexibility index (Phi) is 5.13. The quantitative estimate of drug-likeness (QED) is 0.808. The van der Waals surface area contributed by atoms with Crippen molar-refractivity contribution in [3.05, 3.63) is 68.4 Å². The summed E-state index contributed by atoms with van der Waals surface area (Å²) in [4.78, 5) is 0. The third-order valence-corrected chi connectivity index (χ3v) is 4.00. The molecule has 0 aromatic heterocycles. The van der Waals surface area contributed by atoms with Crippen molar-refractivity contribution in [3.63, 3.8) is 0 Å². The Hall–Kier alpha value is -0.710. The van der Waals surface area contributed by atoms with Gasteiger partial charge in [-0.2, -0.15) is 0 Å². The van der Waals surface area contributed by atoms with E-state index in [1.165, 1.54) is 6.07 Å². The van der Waals surface area contributed by atoms with Crippen LogP contribution in [-0.2, 0) is 6.42 Å². The van der Waals surface area contributed by atoms with Crippen LogP contribution in [0.3, 0.4) is 0 Å². The maximum absolute atomic E-state index is 13.7.